The maximum Gasteiger partial charge on any atom is 0.260 e. The first-order chi connectivity index (χ1) is 11.4. The minimum Gasteiger partial charge on any atom is -0.484 e. The summed E-state index contributed by atoms with van der Waals surface area (Å²) in [5.41, 5.74) is 0.749. The number of benzene rings is 1. The molecule has 1 aliphatic heterocycles. The van der Waals surface area contributed by atoms with E-state index in [2.05, 4.69) is 10.2 Å². The zero-order valence-corrected chi connectivity index (χ0v) is 13.9. The minimum atomic E-state index is -3.02. The second-order valence-corrected chi connectivity index (χ2v) is 7.85. The monoisotopic (exact) mass is 351 g/mol. The highest BCUT2D eigenvalue weighted by Gasteiger charge is 2.32. The van der Waals surface area contributed by atoms with Crippen LogP contribution in [0.5, 0.6) is 5.75 Å². The smallest absolute Gasteiger partial charge is 0.260 e. The van der Waals surface area contributed by atoms with Crippen LogP contribution < -0.4 is 4.74 Å². The molecular weight excluding hydrogens is 334 g/mol. The maximum atomic E-state index is 12.1. The van der Waals surface area contributed by atoms with Gasteiger partial charge in [0.05, 0.1) is 11.5 Å². The van der Waals surface area contributed by atoms with Gasteiger partial charge in [0.25, 0.3) is 5.91 Å². The molecule has 1 aromatic heterocycles. The van der Waals surface area contributed by atoms with E-state index in [-0.39, 0.29) is 30.1 Å². The first-order valence-corrected chi connectivity index (χ1v) is 9.22. The van der Waals surface area contributed by atoms with Crippen molar-refractivity contribution in [3.8, 4) is 17.2 Å². The molecule has 1 atom stereocenters. The zero-order valence-electron chi connectivity index (χ0n) is 13.1. The van der Waals surface area contributed by atoms with Gasteiger partial charge in [-0.25, -0.2) is 8.42 Å². The summed E-state index contributed by atoms with van der Waals surface area (Å²) in [5.74, 6) is 0.832. The lowest BCUT2D eigenvalue weighted by molar-refractivity contribution is -0.133. The Morgan fingerprint density at radius 1 is 1.38 bits per heavy atom. The van der Waals surface area contributed by atoms with Crippen LogP contribution in [0.4, 0.5) is 0 Å². The van der Waals surface area contributed by atoms with E-state index in [0.717, 1.165) is 5.56 Å². The molecule has 1 fully saturated rings. The van der Waals surface area contributed by atoms with Crippen molar-refractivity contribution in [2.75, 3.05) is 25.2 Å². The predicted octanol–water partition coefficient (Wildman–Crippen LogP) is 0.761. The van der Waals surface area contributed by atoms with E-state index in [4.69, 9.17) is 9.15 Å². The van der Waals surface area contributed by atoms with Crippen LogP contribution in [-0.4, -0.2) is 60.6 Å². The number of nitrogens with zero attached hydrogens (tertiary/aromatic N) is 3. The Kier molecular flexibility index (Phi) is 4.52. The van der Waals surface area contributed by atoms with Gasteiger partial charge in [-0.15, -0.1) is 10.2 Å². The van der Waals surface area contributed by atoms with Crippen LogP contribution in [0.25, 0.3) is 11.5 Å². The van der Waals surface area contributed by atoms with E-state index in [1.54, 1.807) is 31.3 Å². The lowest BCUT2D eigenvalue weighted by Crippen LogP contribution is -2.40. The molecule has 0 saturated carbocycles. The van der Waals surface area contributed by atoms with Crippen molar-refractivity contribution in [1.82, 2.24) is 15.1 Å². The topological polar surface area (TPSA) is 103 Å². The van der Waals surface area contributed by atoms with Gasteiger partial charge < -0.3 is 14.1 Å². The molecule has 0 radical (unpaired) electrons. The maximum absolute atomic E-state index is 12.1. The summed E-state index contributed by atoms with van der Waals surface area (Å²) >= 11 is 0. The highest BCUT2D eigenvalue weighted by Crippen LogP contribution is 2.21. The van der Waals surface area contributed by atoms with Gasteiger partial charge in [0, 0.05) is 18.7 Å². The van der Waals surface area contributed by atoms with Crippen molar-refractivity contribution in [3.05, 3.63) is 30.7 Å². The van der Waals surface area contributed by atoms with Gasteiger partial charge in [-0.3, -0.25) is 4.79 Å². The molecule has 2 heterocycles. The number of carbonyl (C=O) groups is 1. The Morgan fingerprint density at radius 3 is 2.71 bits per heavy atom. The van der Waals surface area contributed by atoms with Crippen LogP contribution in [-0.2, 0) is 14.6 Å². The number of rotatable bonds is 5. The molecule has 1 saturated heterocycles. The zero-order chi connectivity index (χ0) is 17.2. The highest BCUT2D eigenvalue weighted by molar-refractivity contribution is 7.91. The van der Waals surface area contributed by atoms with E-state index in [1.165, 1.54) is 11.3 Å². The van der Waals surface area contributed by atoms with Crippen LogP contribution in [0.3, 0.4) is 0 Å². The number of ether oxygens (including phenoxy) is 1. The molecular formula is C15H17N3O5S. The molecule has 0 N–H and O–H groups in total. The second-order valence-electron chi connectivity index (χ2n) is 5.62. The van der Waals surface area contributed by atoms with Crippen LogP contribution >= 0.6 is 0 Å². The third kappa shape index (κ3) is 3.73. The van der Waals surface area contributed by atoms with Crippen LogP contribution in [0.1, 0.15) is 6.42 Å². The summed E-state index contributed by atoms with van der Waals surface area (Å²) in [7, 11) is -1.42. The molecule has 0 spiro atoms. The van der Waals surface area contributed by atoms with Crippen molar-refractivity contribution >= 4 is 15.7 Å². The fourth-order valence-electron chi connectivity index (χ4n) is 2.52. The third-order valence-corrected chi connectivity index (χ3v) is 5.72. The fourth-order valence-corrected chi connectivity index (χ4v) is 4.30. The Bertz CT molecular complexity index is 802. The number of sulfone groups is 1. The molecule has 3 rings (SSSR count). The SMILES string of the molecule is CN(C(=O)COc1ccc(-c2nnco2)cc1)[C@@H]1CCS(=O)(=O)C1. The van der Waals surface area contributed by atoms with Crippen molar-refractivity contribution in [1.29, 1.82) is 0 Å². The molecule has 24 heavy (non-hydrogen) atoms. The van der Waals surface area contributed by atoms with Crippen molar-refractivity contribution < 1.29 is 22.4 Å². The number of carbonyl (C=O) groups excluding carboxylic acids is 1. The number of amides is 1. The lowest BCUT2D eigenvalue weighted by atomic mass is 10.2. The predicted molar refractivity (Wildman–Crippen MR) is 85.1 cm³/mol. The molecule has 8 nitrogen and oxygen atoms in total. The van der Waals surface area contributed by atoms with Crippen LogP contribution in [0.2, 0.25) is 0 Å². The first kappa shape index (κ1) is 16.4. The molecule has 9 heteroatoms. The summed E-state index contributed by atoms with van der Waals surface area (Å²) in [6.45, 7) is -0.146. The van der Waals surface area contributed by atoms with Crippen LogP contribution in [0, 0.1) is 0 Å². The average molecular weight is 351 g/mol. The molecule has 1 aromatic carbocycles. The van der Waals surface area contributed by atoms with E-state index in [9.17, 15) is 13.2 Å². The highest BCUT2D eigenvalue weighted by atomic mass is 32.2. The van der Waals surface area contributed by atoms with Gasteiger partial charge in [-0.05, 0) is 30.7 Å². The Balaban J connectivity index is 1.54. The van der Waals surface area contributed by atoms with Crippen molar-refractivity contribution in [2.45, 2.75) is 12.5 Å². The van der Waals surface area contributed by atoms with Crippen LogP contribution in [0.15, 0.2) is 35.1 Å². The Morgan fingerprint density at radius 2 is 2.12 bits per heavy atom. The first-order valence-electron chi connectivity index (χ1n) is 7.40. The van der Waals surface area contributed by atoms with E-state index >= 15 is 0 Å². The molecule has 0 bridgehead atoms. The van der Waals surface area contributed by atoms with Gasteiger partial charge in [-0.1, -0.05) is 0 Å². The average Bonchev–Trinajstić information content (AvgIpc) is 3.22. The normalized spacial score (nSPS) is 19.1. The molecule has 0 unspecified atom stereocenters. The van der Waals surface area contributed by atoms with Gasteiger partial charge in [-0.2, -0.15) is 0 Å². The molecule has 1 amide bonds. The molecule has 128 valence electrons. The minimum absolute atomic E-state index is 0.0219. The van der Waals surface area contributed by atoms with Crippen molar-refractivity contribution in [3.63, 3.8) is 0 Å². The summed E-state index contributed by atoms with van der Waals surface area (Å²) in [6.07, 6.45) is 1.72. The number of hydrogen-bond acceptors (Lipinski definition) is 7. The second kappa shape index (κ2) is 6.60. The van der Waals surface area contributed by atoms with E-state index in [0.29, 0.717) is 18.1 Å². The molecule has 1 aliphatic rings. The van der Waals surface area contributed by atoms with E-state index in [1.807, 2.05) is 0 Å². The van der Waals surface area contributed by atoms with Gasteiger partial charge in [0.1, 0.15) is 5.75 Å². The van der Waals surface area contributed by atoms with Gasteiger partial charge >= 0.3 is 0 Å². The quantitative estimate of drug-likeness (QED) is 0.783. The van der Waals surface area contributed by atoms with Gasteiger partial charge in [0.2, 0.25) is 12.3 Å². The molecule has 2 aromatic rings. The standard InChI is InChI=1S/C15H17N3O5S/c1-18(12-6-7-24(20,21)9-12)14(19)8-22-13-4-2-11(3-5-13)15-17-16-10-23-15/h2-5,10,12H,6-9H2,1H3/t12-/m1/s1. The number of hydrogen-bond donors (Lipinski definition) is 0. The molecule has 0 aliphatic carbocycles. The Hall–Kier alpha value is -2.42. The third-order valence-electron chi connectivity index (χ3n) is 3.97. The van der Waals surface area contributed by atoms with Gasteiger partial charge in [0.15, 0.2) is 16.4 Å². The number of likely N-dealkylation sites (N-methyl/N-ethyl adjacent to an activating group) is 1. The Labute approximate surface area is 139 Å². The summed E-state index contributed by atoms with van der Waals surface area (Å²) in [4.78, 5) is 13.6. The summed E-state index contributed by atoms with van der Waals surface area (Å²) in [5, 5.41) is 7.41. The van der Waals surface area contributed by atoms with E-state index < -0.39 is 9.84 Å². The largest absolute Gasteiger partial charge is 0.484 e. The summed E-state index contributed by atoms with van der Waals surface area (Å²) < 4.78 is 33.5. The number of aromatic nitrogens is 2. The lowest BCUT2D eigenvalue weighted by Gasteiger charge is -2.23. The fraction of sp³-hybridized carbons (Fsp3) is 0.400. The van der Waals surface area contributed by atoms with Crippen molar-refractivity contribution in [2.24, 2.45) is 0 Å². The summed E-state index contributed by atoms with van der Waals surface area (Å²) in [6, 6.07) is 6.63.